The molecule has 1 unspecified atom stereocenters. The highest BCUT2D eigenvalue weighted by Gasteiger charge is 2.33. The topological polar surface area (TPSA) is 12.0 Å². The third-order valence-corrected chi connectivity index (χ3v) is 3.10. The van der Waals surface area contributed by atoms with Crippen LogP contribution in [0.1, 0.15) is 30.9 Å². The Morgan fingerprint density at radius 2 is 2.00 bits per heavy atom. The minimum atomic E-state index is -4.25. The molecule has 0 aliphatic carbocycles. The van der Waals surface area contributed by atoms with Gasteiger partial charge in [-0.05, 0) is 29.7 Å². The molecule has 1 atom stereocenters. The molecule has 1 aliphatic rings. The van der Waals surface area contributed by atoms with E-state index in [1.165, 1.54) is 12.1 Å². The fraction of sp³-hybridized carbons (Fsp3) is 0.500. The highest BCUT2D eigenvalue weighted by atomic mass is 19.4. The van der Waals surface area contributed by atoms with E-state index in [1.54, 1.807) is 0 Å². The SMILES string of the molecule is CC(C)C1CNc2ccc(C(F)(F)F)cc21. The molecule has 1 heterocycles. The van der Waals surface area contributed by atoms with Gasteiger partial charge in [0.2, 0.25) is 0 Å². The third-order valence-electron chi connectivity index (χ3n) is 3.10. The molecule has 88 valence electrons. The maximum absolute atomic E-state index is 12.6. The second kappa shape index (κ2) is 3.68. The Kier molecular flexibility index (Phi) is 2.60. The minimum absolute atomic E-state index is 0.178. The lowest BCUT2D eigenvalue weighted by Gasteiger charge is -2.15. The average Bonchev–Trinajstić information content (AvgIpc) is 2.58. The Hall–Kier alpha value is -1.19. The first-order valence-corrected chi connectivity index (χ1v) is 5.34. The molecule has 0 spiro atoms. The third kappa shape index (κ3) is 1.88. The smallest absolute Gasteiger partial charge is 0.384 e. The predicted octanol–water partition coefficient (Wildman–Crippen LogP) is 3.87. The lowest BCUT2D eigenvalue weighted by atomic mass is 9.89. The molecule has 0 amide bonds. The Labute approximate surface area is 92.7 Å². The summed E-state index contributed by atoms with van der Waals surface area (Å²) in [5.74, 6) is 0.523. The van der Waals surface area contributed by atoms with Crippen molar-refractivity contribution in [2.24, 2.45) is 5.92 Å². The van der Waals surface area contributed by atoms with Crippen LogP contribution in [0.3, 0.4) is 0 Å². The van der Waals surface area contributed by atoms with Gasteiger partial charge in [0, 0.05) is 18.2 Å². The van der Waals surface area contributed by atoms with Crippen LogP contribution in [0.4, 0.5) is 18.9 Å². The van der Waals surface area contributed by atoms with E-state index in [0.717, 1.165) is 23.9 Å². The number of benzene rings is 1. The van der Waals surface area contributed by atoms with Crippen LogP contribution in [0, 0.1) is 5.92 Å². The lowest BCUT2D eigenvalue weighted by molar-refractivity contribution is -0.137. The number of hydrogen-bond acceptors (Lipinski definition) is 1. The number of anilines is 1. The second-order valence-corrected chi connectivity index (χ2v) is 4.53. The van der Waals surface area contributed by atoms with Crippen molar-refractivity contribution in [3.63, 3.8) is 0 Å². The summed E-state index contributed by atoms with van der Waals surface area (Å²) in [6.45, 7) is 4.79. The van der Waals surface area contributed by atoms with Gasteiger partial charge in [-0.25, -0.2) is 0 Å². The Balaban J connectivity index is 2.41. The molecule has 0 saturated heterocycles. The molecule has 2 rings (SSSR count). The van der Waals surface area contributed by atoms with Gasteiger partial charge in [-0.15, -0.1) is 0 Å². The molecule has 0 radical (unpaired) electrons. The molecule has 16 heavy (non-hydrogen) atoms. The molecule has 1 N–H and O–H groups in total. The van der Waals surface area contributed by atoms with E-state index < -0.39 is 11.7 Å². The molecule has 1 nitrogen and oxygen atoms in total. The molecular formula is C12H14F3N. The van der Waals surface area contributed by atoms with E-state index >= 15 is 0 Å². The molecule has 1 aromatic carbocycles. The summed E-state index contributed by atoms with van der Waals surface area (Å²) >= 11 is 0. The maximum Gasteiger partial charge on any atom is 0.416 e. The van der Waals surface area contributed by atoms with Crippen molar-refractivity contribution in [3.8, 4) is 0 Å². The molecule has 0 fully saturated rings. The summed E-state index contributed by atoms with van der Waals surface area (Å²) in [5.41, 5.74) is 1.08. The zero-order valence-electron chi connectivity index (χ0n) is 9.23. The van der Waals surface area contributed by atoms with Crippen LogP contribution in [0.15, 0.2) is 18.2 Å². The monoisotopic (exact) mass is 229 g/mol. The standard InChI is InChI=1S/C12H14F3N/c1-7(2)10-6-16-11-4-3-8(5-9(10)11)12(13,14)15/h3-5,7,10,16H,6H2,1-2H3. The fourth-order valence-electron chi connectivity index (χ4n) is 2.13. The fourth-order valence-corrected chi connectivity index (χ4v) is 2.13. The highest BCUT2D eigenvalue weighted by molar-refractivity contribution is 5.59. The molecule has 1 aliphatic heterocycles. The zero-order valence-corrected chi connectivity index (χ0v) is 9.23. The first kappa shape index (κ1) is 11.3. The van der Waals surface area contributed by atoms with Crippen molar-refractivity contribution < 1.29 is 13.2 Å². The molecule has 0 aromatic heterocycles. The molecule has 4 heteroatoms. The van der Waals surface area contributed by atoms with Crippen molar-refractivity contribution >= 4 is 5.69 Å². The Bertz CT molecular complexity index is 396. The van der Waals surface area contributed by atoms with Crippen LogP contribution >= 0.6 is 0 Å². The molecule has 0 bridgehead atoms. The van der Waals surface area contributed by atoms with Crippen LogP contribution in [0.2, 0.25) is 0 Å². The molecular weight excluding hydrogens is 215 g/mol. The van der Waals surface area contributed by atoms with Gasteiger partial charge in [-0.2, -0.15) is 13.2 Å². The summed E-state index contributed by atoms with van der Waals surface area (Å²) in [6.07, 6.45) is -4.25. The van der Waals surface area contributed by atoms with E-state index in [0.29, 0.717) is 5.92 Å². The first-order valence-electron chi connectivity index (χ1n) is 5.34. The lowest BCUT2D eigenvalue weighted by Crippen LogP contribution is -2.10. The quantitative estimate of drug-likeness (QED) is 0.770. The second-order valence-electron chi connectivity index (χ2n) is 4.53. The highest BCUT2D eigenvalue weighted by Crippen LogP contribution is 2.40. The van der Waals surface area contributed by atoms with Crippen LogP contribution in [-0.2, 0) is 6.18 Å². The minimum Gasteiger partial charge on any atom is -0.384 e. The summed E-state index contributed by atoms with van der Waals surface area (Å²) in [6, 6.07) is 3.94. The van der Waals surface area contributed by atoms with Crippen molar-refractivity contribution in [2.75, 3.05) is 11.9 Å². The number of halogens is 3. The van der Waals surface area contributed by atoms with Gasteiger partial charge in [-0.1, -0.05) is 13.8 Å². The van der Waals surface area contributed by atoms with Crippen LogP contribution < -0.4 is 5.32 Å². The van der Waals surface area contributed by atoms with Gasteiger partial charge >= 0.3 is 6.18 Å². The van der Waals surface area contributed by atoms with Crippen LogP contribution in [-0.4, -0.2) is 6.54 Å². The number of rotatable bonds is 1. The van der Waals surface area contributed by atoms with E-state index in [-0.39, 0.29) is 5.92 Å². The van der Waals surface area contributed by atoms with E-state index in [1.807, 2.05) is 13.8 Å². The largest absolute Gasteiger partial charge is 0.416 e. The number of alkyl halides is 3. The zero-order chi connectivity index (χ0) is 11.9. The maximum atomic E-state index is 12.6. The van der Waals surface area contributed by atoms with E-state index in [2.05, 4.69) is 5.32 Å². The van der Waals surface area contributed by atoms with Gasteiger partial charge in [-0.3, -0.25) is 0 Å². The summed E-state index contributed by atoms with van der Waals surface area (Å²) in [5, 5.41) is 3.14. The summed E-state index contributed by atoms with van der Waals surface area (Å²) in [4.78, 5) is 0. The van der Waals surface area contributed by atoms with Crippen molar-refractivity contribution in [3.05, 3.63) is 29.3 Å². The number of nitrogens with one attached hydrogen (secondary N) is 1. The van der Waals surface area contributed by atoms with Gasteiger partial charge in [0.05, 0.1) is 5.56 Å². The molecule has 1 aromatic rings. The van der Waals surface area contributed by atoms with Gasteiger partial charge in [0.15, 0.2) is 0 Å². The number of hydrogen-bond donors (Lipinski definition) is 1. The van der Waals surface area contributed by atoms with Crippen molar-refractivity contribution in [2.45, 2.75) is 25.9 Å². The summed E-state index contributed by atoms with van der Waals surface area (Å²) < 4.78 is 37.7. The van der Waals surface area contributed by atoms with Gasteiger partial charge < -0.3 is 5.32 Å². The normalized spacial score (nSPS) is 19.8. The van der Waals surface area contributed by atoms with Crippen LogP contribution in [0.5, 0.6) is 0 Å². The average molecular weight is 229 g/mol. The van der Waals surface area contributed by atoms with Crippen LogP contribution in [0.25, 0.3) is 0 Å². The number of fused-ring (bicyclic) bond motifs is 1. The summed E-state index contributed by atoms with van der Waals surface area (Å²) in [7, 11) is 0. The van der Waals surface area contributed by atoms with Crippen molar-refractivity contribution in [1.29, 1.82) is 0 Å². The van der Waals surface area contributed by atoms with Crippen molar-refractivity contribution in [1.82, 2.24) is 0 Å². The van der Waals surface area contributed by atoms with Gasteiger partial charge in [0.25, 0.3) is 0 Å². The van der Waals surface area contributed by atoms with E-state index in [4.69, 9.17) is 0 Å². The predicted molar refractivity (Wildman–Crippen MR) is 57.5 cm³/mol. The Morgan fingerprint density at radius 1 is 1.31 bits per heavy atom. The van der Waals surface area contributed by atoms with E-state index in [9.17, 15) is 13.2 Å². The first-order chi connectivity index (χ1) is 7.39. The molecule has 0 saturated carbocycles. The Morgan fingerprint density at radius 3 is 2.56 bits per heavy atom. The van der Waals surface area contributed by atoms with Gasteiger partial charge in [0.1, 0.15) is 0 Å².